The second-order valence-corrected chi connectivity index (χ2v) is 6.25. The highest BCUT2D eigenvalue weighted by molar-refractivity contribution is 5.08. The molecule has 1 saturated carbocycles. The molecular formula is C14H20N2O5. The molecule has 1 unspecified atom stereocenters. The van der Waals surface area contributed by atoms with Gasteiger partial charge in [0.25, 0.3) is 5.56 Å². The van der Waals surface area contributed by atoms with E-state index in [2.05, 4.69) is 4.98 Å². The lowest BCUT2D eigenvalue weighted by Crippen LogP contribution is -2.49. The van der Waals surface area contributed by atoms with E-state index in [1.807, 2.05) is 6.92 Å². The Morgan fingerprint density at radius 1 is 1.52 bits per heavy atom. The third-order valence-corrected chi connectivity index (χ3v) is 4.96. The van der Waals surface area contributed by atoms with Crippen LogP contribution in [0.25, 0.3) is 0 Å². The summed E-state index contributed by atoms with van der Waals surface area (Å²) < 4.78 is 7.23. The van der Waals surface area contributed by atoms with E-state index in [1.165, 1.54) is 10.8 Å². The van der Waals surface area contributed by atoms with Crippen LogP contribution >= 0.6 is 0 Å². The highest BCUT2D eigenvalue weighted by Crippen LogP contribution is 2.51. The number of aryl methyl sites for hydroxylation is 1. The zero-order chi connectivity index (χ0) is 15.4. The minimum atomic E-state index is -1.01. The van der Waals surface area contributed by atoms with Crippen LogP contribution in [0.15, 0.2) is 15.8 Å². The lowest BCUT2D eigenvalue weighted by Gasteiger charge is -2.37. The topological polar surface area (TPSA) is 105 Å². The summed E-state index contributed by atoms with van der Waals surface area (Å²) in [7, 11) is 0. The molecule has 1 aliphatic heterocycles. The predicted molar refractivity (Wildman–Crippen MR) is 73.9 cm³/mol. The first-order valence-corrected chi connectivity index (χ1v) is 7.18. The van der Waals surface area contributed by atoms with Gasteiger partial charge in [0.15, 0.2) is 0 Å². The second-order valence-electron chi connectivity index (χ2n) is 6.25. The average molecular weight is 296 g/mol. The van der Waals surface area contributed by atoms with Crippen molar-refractivity contribution in [3.05, 3.63) is 32.6 Å². The van der Waals surface area contributed by atoms with Crippen LogP contribution in [-0.2, 0) is 4.74 Å². The molecule has 2 heterocycles. The van der Waals surface area contributed by atoms with Gasteiger partial charge in [0.05, 0.1) is 12.7 Å². The number of fused-ring (bicyclic) bond motifs is 2. The Morgan fingerprint density at radius 3 is 2.90 bits per heavy atom. The van der Waals surface area contributed by atoms with Crippen LogP contribution in [0.4, 0.5) is 0 Å². The van der Waals surface area contributed by atoms with Crippen molar-refractivity contribution < 1.29 is 14.9 Å². The van der Waals surface area contributed by atoms with E-state index in [-0.39, 0.29) is 18.4 Å². The van der Waals surface area contributed by atoms with Gasteiger partial charge in [-0.05, 0) is 25.7 Å². The Morgan fingerprint density at radius 2 is 2.24 bits per heavy atom. The van der Waals surface area contributed by atoms with Crippen LogP contribution < -0.4 is 11.2 Å². The number of aromatic amines is 1. The molecule has 1 saturated heterocycles. The Labute approximate surface area is 121 Å². The van der Waals surface area contributed by atoms with Crippen molar-refractivity contribution in [1.82, 2.24) is 9.55 Å². The maximum absolute atomic E-state index is 12.1. The summed E-state index contributed by atoms with van der Waals surface area (Å²) in [5.74, 6) is -0.125. The summed E-state index contributed by atoms with van der Waals surface area (Å²) in [5, 5.41) is 20.1. The van der Waals surface area contributed by atoms with Crippen molar-refractivity contribution >= 4 is 0 Å². The molecule has 0 amide bonds. The average Bonchev–Trinajstić information content (AvgIpc) is 2.63. The molecule has 21 heavy (non-hydrogen) atoms. The summed E-state index contributed by atoms with van der Waals surface area (Å²) in [6.07, 6.45) is 1.33. The number of aliphatic hydroxyl groups is 2. The molecule has 2 fully saturated rings. The van der Waals surface area contributed by atoms with Crippen LogP contribution in [0.2, 0.25) is 0 Å². The molecule has 2 bridgehead atoms. The van der Waals surface area contributed by atoms with E-state index in [0.29, 0.717) is 12.0 Å². The van der Waals surface area contributed by atoms with Crippen molar-refractivity contribution in [2.24, 2.45) is 11.8 Å². The van der Waals surface area contributed by atoms with Crippen molar-refractivity contribution in [1.29, 1.82) is 0 Å². The smallest absolute Gasteiger partial charge is 0.330 e. The number of aliphatic hydroxyl groups excluding tert-OH is 2. The minimum Gasteiger partial charge on any atom is -0.393 e. The van der Waals surface area contributed by atoms with Crippen molar-refractivity contribution in [3.8, 4) is 0 Å². The van der Waals surface area contributed by atoms with E-state index in [9.17, 15) is 19.8 Å². The second kappa shape index (κ2) is 4.79. The quantitative estimate of drug-likeness (QED) is 0.683. The first kappa shape index (κ1) is 14.5. The highest BCUT2D eigenvalue weighted by Gasteiger charge is 2.59. The summed E-state index contributed by atoms with van der Waals surface area (Å²) in [6, 6.07) is 0. The lowest BCUT2D eigenvalue weighted by molar-refractivity contribution is -0.133. The molecule has 0 radical (unpaired) electrons. The fourth-order valence-electron chi connectivity index (χ4n) is 3.59. The molecule has 2 aliphatic rings. The molecule has 116 valence electrons. The monoisotopic (exact) mass is 296 g/mol. The van der Waals surface area contributed by atoms with E-state index < -0.39 is 29.2 Å². The fraction of sp³-hybridized carbons (Fsp3) is 0.714. The molecule has 3 rings (SSSR count). The number of hydrogen-bond acceptors (Lipinski definition) is 5. The number of rotatable bonds is 2. The summed E-state index contributed by atoms with van der Waals surface area (Å²) in [6.45, 7) is 3.32. The molecule has 7 nitrogen and oxygen atoms in total. The van der Waals surface area contributed by atoms with Crippen molar-refractivity contribution in [3.63, 3.8) is 0 Å². The Kier molecular flexibility index (Phi) is 3.31. The van der Waals surface area contributed by atoms with Gasteiger partial charge in [0.1, 0.15) is 11.8 Å². The molecule has 1 aromatic rings. The minimum absolute atomic E-state index is 0.159. The van der Waals surface area contributed by atoms with Gasteiger partial charge in [-0.3, -0.25) is 14.3 Å². The summed E-state index contributed by atoms with van der Waals surface area (Å²) in [4.78, 5) is 25.8. The molecule has 1 aliphatic carbocycles. The highest BCUT2D eigenvalue weighted by atomic mass is 16.6. The number of nitrogens with zero attached hydrogens (tertiary/aromatic N) is 1. The number of H-pyrrole nitrogens is 1. The first-order valence-electron chi connectivity index (χ1n) is 7.18. The first-order chi connectivity index (χ1) is 9.89. The zero-order valence-electron chi connectivity index (χ0n) is 12.1. The Balaban J connectivity index is 2.09. The number of hydrogen-bond donors (Lipinski definition) is 3. The van der Waals surface area contributed by atoms with E-state index in [1.54, 1.807) is 6.92 Å². The third kappa shape index (κ3) is 1.99. The zero-order valence-corrected chi connectivity index (χ0v) is 12.1. The van der Waals surface area contributed by atoms with Crippen LogP contribution in [0.3, 0.4) is 0 Å². The van der Waals surface area contributed by atoms with Gasteiger partial charge in [-0.1, -0.05) is 6.92 Å². The standard InChI is InChI=1S/C14H20N2O5/c1-7-3-4-14(6-17)10(18)9(7)12(21-14)16-5-8(2)11(19)15-13(16)20/h5,7,9-10,12,17-18H,3-4,6H2,1-2H3,(H,15,19,20)/t7-,9?,10-,12-,14-/m1/s1. The molecular weight excluding hydrogens is 276 g/mol. The SMILES string of the molecule is Cc1cn([C@@H]2O[C@@]3(CO)CC[C@@H](C)C2[C@H]3O)c(=O)[nH]c1=O. The molecule has 0 spiro atoms. The van der Waals surface area contributed by atoms with Crippen molar-refractivity contribution in [2.75, 3.05) is 6.61 Å². The van der Waals surface area contributed by atoms with Gasteiger partial charge in [-0.25, -0.2) is 4.79 Å². The normalized spacial score (nSPS) is 38.7. The van der Waals surface area contributed by atoms with E-state index >= 15 is 0 Å². The van der Waals surface area contributed by atoms with Crippen LogP contribution in [0, 0.1) is 18.8 Å². The molecule has 1 aromatic heterocycles. The summed E-state index contributed by atoms with van der Waals surface area (Å²) >= 11 is 0. The maximum atomic E-state index is 12.1. The Hall–Kier alpha value is -1.44. The number of ether oxygens (including phenoxy) is 1. The van der Waals surface area contributed by atoms with Gasteiger partial charge in [-0.2, -0.15) is 0 Å². The van der Waals surface area contributed by atoms with E-state index in [4.69, 9.17) is 4.74 Å². The van der Waals surface area contributed by atoms with Gasteiger partial charge in [0.2, 0.25) is 0 Å². The van der Waals surface area contributed by atoms with Gasteiger partial charge >= 0.3 is 5.69 Å². The fourth-order valence-corrected chi connectivity index (χ4v) is 3.59. The molecule has 3 N–H and O–H groups in total. The largest absolute Gasteiger partial charge is 0.393 e. The van der Waals surface area contributed by atoms with Crippen LogP contribution in [0.5, 0.6) is 0 Å². The number of aromatic nitrogens is 2. The lowest BCUT2D eigenvalue weighted by atomic mass is 9.72. The molecule has 5 atom stereocenters. The molecule has 7 heteroatoms. The van der Waals surface area contributed by atoms with Crippen molar-refractivity contribution in [2.45, 2.75) is 44.6 Å². The predicted octanol–water partition coefficient (Wildman–Crippen LogP) is -0.488. The summed E-state index contributed by atoms with van der Waals surface area (Å²) in [5.41, 5.74) is -1.59. The Bertz CT molecular complexity index is 666. The van der Waals surface area contributed by atoms with Crippen LogP contribution in [0.1, 0.15) is 31.6 Å². The van der Waals surface area contributed by atoms with Gasteiger partial charge < -0.3 is 14.9 Å². The van der Waals surface area contributed by atoms with Gasteiger partial charge in [0, 0.05) is 17.7 Å². The van der Waals surface area contributed by atoms with Gasteiger partial charge in [-0.15, -0.1) is 0 Å². The maximum Gasteiger partial charge on any atom is 0.330 e. The third-order valence-electron chi connectivity index (χ3n) is 4.96. The van der Waals surface area contributed by atoms with E-state index in [0.717, 1.165) is 6.42 Å². The van der Waals surface area contributed by atoms with Crippen LogP contribution in [-0.4, -0.2) is 38.1 Å². The number of nitrogens with one attached hydrogen (secondary N) is 1. The molecule has 0 aromatic carbocycles.